The van der Waals surface area contributed by atoms with E-state index in [2.05, 4.69) is 40.9 Å². The van der Waals surface area contributed by atoms with Crippen molar-refractivity contribution in [1.29, 1.82) is 0 Å². The molecule has 5 heteroatoms. The number of nitrogens with zero attached hydrogens (tertiary/aromatic N) is 1. The molecule has 0 spiro atoms. The van der Waals surface area contributed by atoms with E-state index in [1.54, 1.807) is 12.1 Å². The molecule has 1 atom stereocenters. The van der Waals surface area contributed by atoms with Crippen molar-refractivity contribution in [3.05, 3.63) is 59.2 Å². The van der Waals surface area contributed by atoms with Gasteiger partial charge < -0.3 is 9.47 Å². The molecule has 0 N–H and O–H groups in total. The van der Waals surface area contributed by atoms with Crippen molar-refractivity contribution in [2.45, 2.75) is 38.5 Å². The fraction of sp³-hybridized carbons (Fsp3) is 0.400. The van der Waals surface area contributed by atoms with Gasteiger partial charge in [0.25, 0.3) is 0 Å². The van der Waals surface area contributed by atoms with Crippen LogP contribution < -0.4 is 9.47 Å². The summed E-state index contributed by atoms with van der Waals surface area (Å²) in [7, 11) is 3.56. The van der Waals surface area contributed by atoms with Crippen LogP contribution in [0.3, 0.4) is 0 Å². The van der Waals surface area contributed by atoms with Crippen molar-refractivity contribution in [1.82, 2.24) is 4.90 Å². The first-order valence-electron chi connectivity index (χ1n) is 8.48. The molecule has 3 rings (SSSR count). The lowest BCUT2D eigenvalue weighted by Gasteiger charge is -2.33. The van der Waals surface area contributed by atoms with Gasteiger partial charge in [-0.3, -0.25) is 4.90 Å². The Kier molecular flexibility index (Phi) is 5.53. The second kappa shape index (κ2) is 7.83. The van der Waals surface area contributed by atoms with Gasteiger partial charge in [-0.15, -0.1) is 0 Å². The molecule has 0 aromatic heterocycles. The molecule has 0 amide bonds. The number of fused-ring (bicyclic) bond motifs is 1. The van der Waals surface area contributed by atoms with Gasteiger partial charge in [0, 0.05) is 12.6 Å². The van der Waals surface area contributed by atoms with E-state index < -0.39 is 6.61 Å². The predicted octanol–water partition coefficient (Wildman–Crippen LogP) is 4.81. The molecule has 0 saturated carbocycles. The summed E-state index contributed by atoms with van der Waals surface area (Å²) in [5.41, 5.74) is 3.81. The van der Waals surface area contributed by atoms with Crippen molar-refractivity contribution < 1.29 is 18.3 Å². The third-order valence-electron chi connectivity index (χ3n) is 4.75. The van der Waals surface area contributed by atoms with E-state index >= 15 is 0 Å². The van der Waals surface area contributed by atoms with Gasteiger partial charge in [-0.25, -0.2) is 0 Å². The highest BCUT2D eigenvalue weighted by molar-refractivity contribution is 5.43. The smallest absolute Gasteiger partial charge is 0.387 e. The molecule has 0 saturated heterocycles. The van der Waals surface area contributed by atoms with Crippen molar-refractivity contribution in [2.75, 3.05) is 14.2 Å². The summed E-state index contributed by atoms with van der Waals surface area (Å²) in [6.45, 7) is -2.15. The molecular formula is C20H23F2NO2. The number of alkyl halides is 2. The Bertz CT molecular complexity index is 721. The largest absolute Gasteiger partial charge is 0.493 e. The zero-order valence-electron chi connectivity index (χ0n) is 14.5. The van der Waals surface area contributed by atoms with Gasteiger partial charge in [-0.05, 0) is 55.1 Å². The van der Waals surface area contributed by atoms with Crippen LogP contribution in [0.5, 0.6) is 11.5 Å². The minimum Gasteiger partial charge on any atom is -0.493 e. The summed E-state index contributed by atoms with van der Waals surface area (Å²) in [5.74, 6) is 0.391. The second-order valence-corrected chi connectivity index (χ2v) is 6.39. The van der Waals surface area contributed by atoms with Crippen LogP contribution in [-0.2, 0) is 13.0 Å². The number of methoxy groups -OCH3 is 1. The molecule has 25 heavy (non-hydrogen) atoms. The Hall–Kier alpha value is -2.14. The molecule has 3 nitrogen and oxygen atoms in total. The lowest BCUT2D eigenvalue weighted by Crippen LogP contribution is -2.27. The summed E-state index contributed by atoms with van der Waals surface area (Å²) in [6, 6.07) is 14.1. The van der Waals surface area contributed by atoms with E-state index in [4.69, 9.17) is 4.74 Å². The number of hydrogen-bond donors (Lipinski definition) is 0. The molecular weight excluding hydrogens is 324 g/mol. The van der Waals surface area contributed by atoms with Crippen molar-refractivity contribution >= 4 is 0 Å². The number of aryl methyl sites for hydroxylation is 1. The van der Waals surface area contributed by atoms with Gasteiger partial charge in [-0.2, -0.15) is 8.78 Å². The Labute approximate surface area is 147 Å². The van der Waals surface area contributed by atoms with Crippen LogP contribution in [0.25, 0.3) is 0 Å². The summed E-state index contributed by atoms with van der Waals surface area (Å²) < 4.78 is 34.6. The number of halogens is 2. The minimum absolute atomic E-state index is 0.0620. The van der Waals surface area contributed by atoms with Gasteiger partial charge in [0.05, 0.1) is 7.11 Å². The van der Waals surface area contributed by atoms with Crippen LogP contribution in [0, 0.1) is 0 Å². The molecule has 0 aliphatic heterocycles. The molecule has 1 aliphatic carbocycles. The third-order valence-corrected chi connectivity index (χ3v) is 4.75. The fourth-order valence-electron chi connectivity index (χ4n) is 3.59. The molecule has 134 valence electrons. The highest BCUT2D eigenvalue weighted by Crippen LogP contribution is 2.35. The lowest BCUT2D eigenvalue weighted by atomic mass is 9.87. The summed E-state index contributed by atoms with van der Waals surface area (Å²) >= 11 is 0. The van der Waals surface area contributed by atoms with Gasteiger partial charge in [0.15, 0.2) is 11.5 Å². The van der Waals surface area contributed by atoms with Crippen LogP contribution in [0.2, 0.25) is 0 Å². The Balaban J connectivity index is 1.76. The Morgan fingerprint density at radius 1 is 1.16 bits per heavy atom. The van der Waals surface area contributed by atoms with Gasteiger partial charge in [0.1, 0.15) is 0 Å². The molecule has 1 aliphatic rings. The van der Waals surface area contributed by atoms with E-state index in [0.29, 0.717) is 18.3 Å². The maximum absolute atomic E-state index is 12.4. The fourth-order valence-corrected chi connectivity index (χ4v) is 3.59. The number of hydrogen-bond acceptors (Lipinski definition) is 3. The molecule has 0 fully saturated rings. The van der Waals surface area contributed by atoms with Gasteiger partial charge in [-0.1, -0.05) is 30.3 Å². The summed E-state index contributed by atoms with van der Waals surface area (Å²) in [5, 5.41) is 0. The molecule has 0 heterocycles. The Morgan fingerprint density at radius 3 is 2.72 bits per heavy atom. The molecule has 0 radical (unpaired) electrons. The van der Waals surface area contributed by atoms with Crippen LogP contribution >= 0.6 is 0 Å². The van der Waals surface area contributed by atoms with Crippen molar-refractivity contribution in [3.8, 4) is 11.5 Å². The van der Waals surface area contributed by atoms with Crippen molar-refractivity contribution in [2.24, 2.45) is 0 Å². The highest BCUT2D eigenvalue weighted by Gasteiger charge is 2.23. The van der Waals surface area contributed by atoms with Gasteiger partial charge in [0.2, 0.25) is 0 Å². The topological polar surface area (TPSA) is 21.7 Å². The van der Waals surface area contributed by atoms with Gasteiger partial charge >= 0.3 is 6.61 Å². The van der Waals surface area contributed by atoms with E-state index in [1.165, 1.54) is 24.7 Å². The maximum Gasteiger partial charge on any atom is 0.387 e. The molecule has 0 bridgehead atoms. The van der Waals surface area contributed by atoms with Crippen molar-refractivity contribution in [3.63, 3.8) is 0 Å². The normalized spacial score (nSPS) is 16.8. The first-order chi connectivity index (χ1) is 12.1. The van der Waals surface area contributed by atoms with E-state index in [-0.39, 0.29) is 5.75 Å². The molecule has 0 unspecified atom stereocenters. The predicted molar refractivity (Wildman–Crippen MR) is 93.2 cm³/mol. The quantitative estimate of drug-likeness (QED) is 0.749. The zero-order valence-corrected chi connectivity index (χ0v) is 14.5. The van der Waals surface area contributed by atoms with E-state index in [9.17, 15) is 8.78 Å². The van der Waals surface area contributed by atoms with E-state index in [1.807, 2.05) is 6.07 Å². The first kappa shape index (κ1) is 17.7. The summed E-state index contributed by atoms with van der Waals surface area (Å²) in [4.78, 5) is 2.31. The molecule has 2 aromatic rings. The SMILES string of the molecule is COc1cc(CN(C)[C@H]2CCCc3ccccc32)ccc1OC(F)F. The minimum atomic E-state index is -2.86. The highest BCUT2D eigenvalue weighted by atomic mass is 19.3. The number of ether oxygens (including phenoxy) is 2. The van der Waals surface area contributed by atoms with E-state index in [0.717, 1.165) is 18.4 Å². The standard InChI is InChI=1S/C20H23F2NO2/c1-23(17-9-5-7-15-6-3-4-8-16(15)17)13-14-10-11-18(25-20(21)22)19(12-14)24-2/h3-4,6,8,10-12,17,20H,5,7,9,13H2,1-2H3/t17-/m0/s1. The lowest BCUT2D eigenvalue weighted by molar-refractivity contribution is -0.0512. The summed E-state index contributed by atoms with van der Waals surface area (Å²) in [6.07, 6.45) is 3.43. The number of benzene rings is 2. The zero-order chi connectivity index (χ0) is 17.8. The average molecular weight is 347 g/mol. The average Bonchev–Trinajstić information content (AvgIpc) is 2.62. The van der Waals surface area contributed by atoms with Crippen LogP contribution in [0.4, 0.5) is 8.78 Å². The third kappa shape index (κ3) is 4.10. The Morgan fingerprint density at radius 2 is 1.96 bits per heavy atom. The van der Waals surface area contributed by atoms with Crippen LogP contribution in [0.15, 0.2) is 42.5 Å². The second-order valence-electron chi connectivity index (χ2n) is 6.39. The van der Waals surface area contributed by atoms with Crippen LogP contribution in [0.1, 0.15) is 35.6 Å². The molecule has 2 aromatic carbocycles. The monoisotopic (exact) mass is 347 g/mol. The number of rotatable bonds is 6. The maximum atomic E-state index is 12.4. The van der Waals surface area contributed by atoms with Crippen LogP contribution in [-0.4, -0.2) is 25.7 Å². The first-order valence-corrected chi connectivity index (χ1v) is 8.48.